The molecule has 6 nitrogen and oxygen atoms in total. The summed E-state index contributed by atoms with van der Waals surface area (Å²) in [7, 11) is 0. The molecule has 0 saturated carbocycles. The molecule has 29 heavy (non-hydrogen) atoms. The Morgan fingerprint density at radius 1 is 1.21 bits per heavy atom. The summed E-state index contributed by atoms with van der Waals surface area (Å²) in [4.78, 5) is 27.4. The lowest BCUT2D eigenvalue weighted by atomic mass is 9.73. The molecular weight excluding hydrogens is 368 g/mol. The third-order valence-corrected chi connectivity index (χ3v) is 5.83. The predicted molar refractivity (Wildman–Crippen MR) is 112 cm³/mol. The monoisotopic (exact) mass is 402 g/mol. The summed E-state index contributed by atoms with van der Waals surface area (Å²) in [6.45, 7) is 8.74. The van der Waals surface area contributed by atoms with Crippen LogP contribution in [-0.2, 0) is 19.7 Å². The zero-order chi connectivity index (χ0) is 20.9. The molecule has 1 unspecified atom stereocenters. The standard InChI is InChI=1S/C23H34N2O4/c1-22(2,3)29-21(27)25-13-7-8-18(17-25)16-24-20(26)23(11-14-28-15-12-23)19-9-5-4-6-10-19/h4-6,9-10,18H,7-8,11-17H2,1-3H3,(H,24,26). The highest BCUT2D eigenvalue weighted by atomic mass is 16.6. The van der Waals surface area contributed by atoms with Gasteiger partial charge in [0, 0.05) is 32.8 Å². The second-order valence-electron chi connectivity index (χ2n) is 9.21. The van der Waals surface area contributed by atoms with Gasteiger partial charge in [-0.3, -0.25) is 4.79 Å². The fourth-order valence-corrected chi connectivity index (χ4v) is 4.25. The largest absolute Gasteiger partial charge is 0.444 e. The van der Waals surface area contributed by atoms with Gasteiger partial charge in [-0.2, -0.15) is 0 Å². The normalized spacial score (nSPS) is 22.0. The summed E-state index contributed by atoms with van der Waals surface area (Å²) >= 11 is 0. The number of nitrogens with one attached hydrogen (secondary N) is 1. The fourth-order valence-electron chi connectivity index (χ4n) is 4.25. The van der Waals surface area contributed by atoms with E-state index in [9.17, 15) is 9.59 Å². The van der Waals surface area contributed by atoms with Crippen LogP contribution in [0.25, 0.3) is 0 Å². The van der Waals surface area contributed by atoms with Gasteiger partial charge in [0.1, 0.15) is 5.60 Å². The van der Waals surface area contributed by atoms with Gasteiger partial charge >= 0.3 is 6.09 Å². The predicted octanol–water partition coefficient (Wildman–Crippen LogP) is 3.50. The van der Waals surface area contributed by atoms with Crippen molar-refractivity contribution in [1.29, 1.82) is 0 Å². The molecule has 0 spiro atoms. The van der Waals surface area contributed by atoms with E-state index in [1.165, 1.54) is 0 Å². The van der Waals surface area contributed by atoms with Crippen molar-refractivity contribution < 1.29 is 19.1 Å². The van der Waals surface area contributed by atoms with Crippen LogP contribution >= 0.6 is 0 Å². The van der Waals surface area contributed by atoms with Gasteiger partial charge in [-0.05, 0) is 57.9 Å². The van der Waals surface area contributed by atoms with Gasteiger partial charge in [0.05, 0.1) is 5.41 Å². The van der Waals surface area contributed by atoms with Gasteiger partial charge in [-0.15, -0.1) is 0 Å². The Kier molecular flexibility index (Phi) is 6.83. The molecule has 3 rings (SSSR count). The Morgan fingerprint density at radius 2 is 1.90 bits per heavy atom. The minimum atomic E-state index is -0.529. The highest BCUT2D eigenvalue weighted by Gasteiger charge is 2.41. The first kappa shape index (κ1) is 21.6. The third-order valence-electron chi connectivity index (χ3n) is 5.83. The lowest BCUT2D eigenvalue weighted by Gasteiger charge is -2.38. The molecule has 2 heterocycles. The van der Waals surface area contributed by atoms with Crippen LogP contribution in [0, 0.1) is 5.92 Å². The van der Waals surface area contributed by atoms with Gasteiger partial charge < -0.3 is 19.7 Å². The molecule has 2 amide bonds. The first-order valence-electron chi connectivity index (χ1n) is 10.7. The number of hydrogen-bond donors (Lipinski definition) is 1. The SMILES string of the molecule is CC(C)(C)OC(=O)N1CCCC(CNC(=O)C2(c3ccccc3)CCOCC2)C1. The van der Waals surface area contributed by atoms with E-state index in [1.807, 2.05) is 51.1 Å². The van der Waals surface area contributed by atoms with E-state index in [1.54, 1.807) is 4.90 Å². The van der Waals surface area contributed by atoms with Crippen LogP contribution in [0.15, 0.2) is 30.3 Å². The van der Waals surface area contributed by atoms with Crippen LogP contribution in [0.1, 0.15) is 52.0 Å². The van der Waals surface area contributed by atoms with Crippen molar-refractivity contribution in [3.63, 3.8) is 0 Å². The first-order valence-corrected chi connectivity index (χ1v) is 10.7. The number of benzene rings is 1. The molecule has 0 aliphatic carbocycles. The molecule has 0 aromatic heterocycles. The van der Waals surface area contributed by atoms with Crippen LogP contribution in [-0.4, -0.2) is 55.3 Å². The van der Waals surface area contributed by atoms with Crippen LogP contribution < -0.4 is 5.32 Å². The van der Waals surface area contributed by atoms with E-state index in [0.717, 1.165) is 18.4 Å². The number of likely N-dealkylation sites (tertiary alicyclic amines) is 1. The van der Waals surface area contributed by atoms with Crippen LogP contribution in [0.3, 0.4) is 0 Å². The van der Waals surface area contributed by atoms with Crippen molar-refractivity contribution in [1.82, 2.24) is 10.2 Å². The molecule has 2 aliphatic rings. The van der Waals surface area contributed by atoms with E-state index in [0.29, 0.717) is 45.7 Å². The van der Waals surface area contributed by atoms with Crippen molar-refractivity contribution in [3.05, 3.63) is 35.9 Å². The van der Waals surface area contributed by atoms with Crippen molar-refractivity contribution in [3.8, 4) is 0 Å². The number of rotatable bonds is 4. The van der Waals surface area contributed by atoms with E-state index in [-0.39, 0.29) is 17.9 Å². The summed E-state index contributed by atoms with van der Waals surface area (Å²) in [5.74, 6) is 0.314. The Bertz CT molecular complexity index is 693. The number of amides is 2. The maximum atomic E-state index is 13.3. The average molecular weight is 403 g/mol. The van der Waals surface area contributed by atoms with Gasteiger partial charge in [-0.1, -0.05) is 30.3 Å². The van der Waals surface area contributed by atoms with Crippen LogP contribution in [0.4, 0.5) is 4.79 Å². The Morgan fingerprint density at radius 3 is 2.55 bits per heavy atom. The number of carbonyl (C=O) groups excluding carboxylic acids is 2. The maximum absolute atomic E-state index is 13.3. The van der Waals surface area contributed by atoms with E-state index < -0.39 is 11.0 Å². The summed E-state index contributed by atoms with van der Waals surface area (Å²) < 4.78 is 11.0. The average Bonchev–Trinajstić information content (AvgIpc) is 2.72. The van der Waals surface area contributed by atoms with Gasteiger partial charge in [0.15, 0.2) is 0 Å². The van der Waals surface area contributed by atoms with E-state index in [4.69, 9.17) is 9.47 Å². The molecule has 1 atom stereocenters. The molecule has 0 radical (unpaired) electrons. The van der Waals surface area contributed by atoms with Crippen LogP contribution in [0.2, 0.25) is 0 Å². The molecule has 2 aliphatic heterocycles. The smallest absolute Gasteiger partial charge is 0.410 e. The second kappa shape index (κ2) is 9.16. The van der Waals surface area contributed by atoms with E-state index >= 15 is 0 Å². The third kappa shape index (κ3) is 5.50. The van der Waals surface area contributed by atoms with Gasteiger partial charge in [0.2, 0.25) is 5.91 Å². The number of hydrogen-bond acceptors (Lipinski definition) is 4. The number of nitrogens with zero attached hydrogens (tertiary/aromatic N) is 1. The van der Waals surface area contributed by atoms with Gasteiger partial charge in [0.25, 0.3) is 0 Å². The Labute approximate surface area is 173 Å². The Hall–Kier alpha value is -2.08. The van der Waals surface area contributed by atoms with Crippen molar-refractivity contribution >= 4 is 12.0 Å². The molecule has 0 bridgehead atoms. The molecule has 2 saturated heterocycles. The molecule has 1 aromatic rings. The number of piperidine rings is 1. The Balaban J connectivity index is 1.60. The highest BCUT2D eigenvalue weighted by Crippen LogP contribution is 2.35. The van der Waals surface area contributed by atoms with Gasteiger partial charge in [-0.25, -0.2) is 4.79 Å². The zero-order valence-corrected chi connectivity index (χ0v) is 17.9. The summed E-state index contributed by atoms with van der Waals surface area (Å²) in [5.41, 5.74) is 0.0300. The molecule has 1 N–H and O–H groups in total. The molecule has 160 valence electrons. The molecule has 2 fully saturated rings. The lowest BCUT2D eigenvalue weighted by Crippen LogP contribution is -2.51. The molecule has 1 aromatic carbocycles. The number of ether oxygens (including phenoxy) is 2. The lowest BCUT2D eigenvalue weighted by molar-refractivity contribution is -0.130. The fraction of sp³-hybridized carbons (Fsp3) is 0.652. The number of carbonyl (C=O) groups is 2. The molecule has 6 heteroatoms. The van der Waals surface area contributed by atoms with Crippen LogP contribution in [0.5, 0.6) is 0 Å². The summed E-state index contributed by atoms with van der Waals surface area (Å²) in [6, 6.07) is 10.0. The topological polar surface area (TPSA) is 67.9 Å². The first-order chi connectivity index (χ1) is 13.8. The van der Waals surface area contributed by atoms with Crippen molar-refractivity contribution in [2.75, 3.05) is 32.8 Å². The van der Waals surface area contributed by atoms with Crippen molar-refractivity contribution in [2.45, 2.75) is 57.5 Å². The summed E-state index contributed by atoms with van der Waals surface area (Å²) in [5, 5.41) is 3.20. The van der Waals surface area contributed by atoms with E-state index in [2.05, 4.69) is 5.32 Å². The minimum Gasteiger partial charge on any atom is -0.444 e. The second-order valence-corrected chi connectivity index (χ2v) is 9.21. The maximum Gasteiger partial charge on any atom is 0.410 e. The zero-order valence-electron chi connectivity index (χ0n) is 17.9. The molecular formula is C23H34N2O4. The highest BCUT2D eigenvalue weighted by molar-refractivity contribution is 5.88. The van der Waals surface area contributed by atoms with Crippen molar-refractivity contribution in [2.24, 2.45) is 5.92 Å². The summed E-state index contributed by atoms with van der Waals surface area (Å²) in [6.07, 6.45) is 3.05. The minimum absolute atomic E-state index is 0.0707. The quantitative estimate of drug-likeness (QED) is 0.837.